The van der Waals surface area contributed by atoms with Crippen molar-refractivity contribution in [3.05, 3.63) is 0 Å². The molecule has 3 N–H and O–H groups in total. The summed E-state index contributed by atoms with van der Waals surface area (Å²) in [4.78, 5) is 14.9. The SMILES string of the molecule is CC1CC1CNc1nc(N)nc(N2CCOCC2)n1. The average Bonchev–Trinajstić information content (AvgIpc) is 3.13. The van der Waals surface area contributed by atoms with Crippen molar-refractivity contribution in [1.82, 2.24) is 15.0 Å². The van der Waals surface area contributed by atoms with Crippen LogP contribution in [0, 0.1) is 11.8 Å². The molecule has 0 amide bonds. The molecule has 1 aromatic rings. The fraction of sp³-hybridized carbons (Fsp3) is 0.750. The van der Waals surface area contributed by atoms with Gasteiger partial charge >= 0.3 is 0 Å². The van der Waals surface area contributed by atoms with E-state index in [-0.39, 0.29) is 5.95 Å². The molecular weight excluding hydrogens is 244 g/mol. The third-order valence-electron chi connectivity index (χ3n) is 3.73. The molecule has 0 spiro atoms. The molecule has 2 aliphatic rings. The zero-order valence-corrected chi connectivity index (χ0v) is 11.2. The molecule has 0 radical (unpaired) electrons. The lowest BCUT2D eigenvalue weighted by Gasteiger charge is -2.26. The van der Waals surface area contributed by atoms with E-state index in [9.17, 15) is 0 Å². The number of aromatic nitrogens is 3. The Bertz CT molecular complexity index is 448. The molecule has 1 saturated heterocycles. The van der Waals surface area contributed by atoms with Gasteiger partial charge < -0.3 is 20.7 Å². The molecule has 1 aliphatic carbocycles. The van der Waals surface area contributed by atoms with Crippen molar-refractivity contribution in [1.29, 1.82) is 0 Å². The molecule has 2 atom stereocenters. The highest BCUT2D eigenvalue weighted by Gasteiger charge is 2.32. The van der Waals surface area contributed by atoms with Crippen molar-refractivity contribution >= 4 is 17.8 Å². The Labute approximate surface area is 112 Å². The molecule has 19 heavy (non-hydrogen) atoms. The van der Waals surface area contributed by atoms with Crippen molar-refractivity contribution in [2.75, 3.05) is 48.8 Å². The van der Waals surface area contributed by atoms with E-state index in [0.29, 0.717) is 25.1 Å². The fourth-order valence-corrected chi connectivity index (χ4v) is 2.27. The molecule has 0 aromatic carbocycles. The van der Waals surface area contributed by atoms with Gasteiger partial charge in [-0.05, 0) is 18.3 Å². The van der Waals surface area contributed by atoms with E-state index in [1.807, 2.05) is 0 Å². The normalized spacial score (nSPS) is 26.3. The Hall–Kier alpha value is -1.63. The summed E-state index contributed by atoms with van der Waals surface area (Å²) < 4.78 is 5.32. The van der Waals surface area contributed by atoms with E-state index < -0.39 is 0 Å². The lowest BCUT2D eigenvalue weighted by atomic mass is 10.3. The van der Waals surface area contributed by atoms with Crippen LogP contribution in [0.3, 0.4) is 0 Å². The van der Waals surface area contributed by atoms with Crippen molar-refractivity contribution in [3.8, 4) is 0 Å². The zero-order valence-electron chi connectivity index (χ0n) is 11.2. The Balaban J connectivity index is 1.67. The molecule has 3 rings (SSSR count). The van der Waals surface area contributed by atoms with Gasteiger partial charge in [-0.3, -0.25) is 0 Å². The minimum absolute atomic E-state index is 0.267. The van der Waals surface area contributed by atoms with E-state index >= 15 is 0 Å². The predicted molar refractivity (Wildman–Crippen MR) is 73.0 cm³/mol. The van der Waals surface area contributed by atoms with Gasteiger partial charge in [-0.15, -0.1) is 0 Å². The summed E-state index contributed by atoms with van der Waals surface area (Å²) in [6, 6.07) is 0. The number of nitrogens with one attached hydrogen (secondary N) is 1. The molecule has 2 heterocycles. The number of ether oxygens (including phenoxy) is 1. The number of nitrogen functional groups attached to an aromatic ring is 1. The lowest BCUT2D eigenvalue weighted by Crippen LogP contribution is -2.37. The first-order chi connectivity index (χ1) is 9.22. The fourth-order valence-electron chi connectivity index (χ4n) is 2.27. The zero-order chi connectivity index (χ0) is 13.2. The van der Waals surface area contributed by atoms with E-state index in [0.717, 1.165) is 31.5 Å². The van der Waals surface area contributed by atoms with Gasteiger partial charge in [0.1, 0.15) is 0 Å². The molecule has 7 heteroatoms. The van der Waals surface area contributed by atoms with Crippen LogP contribution in [0.2, 0.25) is 0 Å². The molecule has 7 nitrogen and oxygen atoms in total. The van der Waals surface area contributed by atoms with E-state index in [1.165, 1.54) is 6.42 Å². The van der Waals surface area contributed by atoms with Gasteiger partial charge in [0.05, 0.1) is 13.2 Å². The smallest absolute Gasteiger partial charge is 0.232 e. The molecule has 2 fully saturated rings. The maximum atomic E-state index is 5.76. The highest BCUT2D eigenvalue weighted by Crippen LogP contribution is 2.37. The van der Waals surface area contributed by atoms with Crippen LogP contribution in [0.25, 0.3) is 0 Å². The van der Waals surface area contributed by atoms with Gasteiger partial charge in [0.25, 0.3) is 0 Å². The van der Waals surface area contributed by atoms with E-state index in [4.69, 9.17) is 10.5 Å². The molecule has 1 aromatic heterocycles. The molecule has 1 aliphatic heterocycles. The van der Waals surface area contributed by atoms with Gasteiger partial charge in [0.2, 0.25) is 17.8 Å². The summed E-state index contributed by atoms with van der Waals surface area (Å²) in [6.07, 6.45) is 1.28. The largest absolute Gasteiger partial charge is 0.378 e. The van der Waals surface area contributed by atoms with Crippen LogP contribution >= 0.6 is 0 Å². The highest BCUT2D eigenvalue weighted by molar-refractivity contribution is 5.42. The molecule has 104 valence electrons. The number of nitrogens with two attached hydrogens (primary N) is 1. The molecule has 2 unspecified atom stereocenters. The number of hydrogen-bond acceptors (Lipinski definition) is 7. The Morgan fingerprint density at radius 1 is 1.32 bits per heavy atom. The minimum Gasteiger partial charge on any atom is -0.378 e. The number of anilines is 3. The van der Waals surface area contributed by atoms with Crippen molar-refractivity contribution in [2.24, 2.45) is 11.8 Å². The van der Waals surface area contributed by atoms with Crippen LogP contribution in [0.5, 0.6) is 0 Å². The minimum atomic E-state index is 0.267. The quantitative estimate of drug-likeness (QED) is 0.811. The Kier molecular flexibility index (Phi) is 3.37. The summed E-state index contributed by atoms with van der Waals surface area (Å²) in [5.74, 6) is 3.04. The van der Waals surface area contributed by atoms with Crippen LogP contribution in [0.1, 0.15) is 13.3 Å². The van der Waals surface area contributed by atoms with Crippen molar-refractivity contribution < 1.29 is 4.74 Å². The third-order valence-corrected chi connectivity index (χ3v) is 3.73. The Morgan fingerprint density at radius 3 is 2.74 bits per heavy atom. The lowest BCUT2D eigenvalue weighted by molar-refractivity contribution is 0.122. The van der Waals surface area contributed by atoms with E-state index in [2.05, 4.69) is 32.1 Å². The summed E-state index contributed by atoms with van der Waals surface area (Å²) in [7, 11) is 0. The van der Waals surface area contributed by atoms with E-state index in [1.54, 1.807) is 0 Å². The highest BCUT2D eigenvalue weighted by atomic mass is 16.5. The van der Waals surface area contributed by atoms with Gasteiger partial charge in [-0.2, -0.15) is 15.0 Å². The number of morpholine rings is 1. The van der Waals surface area contributed by atoms with Crippen LogP contribution < -0.4 is 16.0 Å². The summed E-state index contributed by atoms with van der Waals surface area (Å²) >= 11 is 0. The van der Waals surface area contributed by atoms with Gasteiger partial charge in [0.15, 0.2) is 0 Å². The predicted octanol–water partition coefficient (Wildman–Crippen LogP) is 0.358. The van der Waals surface area contributed by atoms with Crippen LogP contribution in [-0.2, 0) is 4.74 Å². The Morgan fingerprint density at radius 2 is 2.05 bits per heavy atom. The maximum absolute atomic E-state index is 5.76. The molecular formula is C12H20N6O. The average molecular weight is 264 g/mol. The summed E-state index contributed by atoms with van der Waals surface area (Å²) in [5, 5.41) is 3.26. The summed E-state index contributed by atoms with van der Waals surface area (Å²) in [5.41, 5.74) is 5.76. The first-order valence-electron chi connectivity index (χ1n) is 6.80. The second-order valence-electron chi connectivity index (χ2n) is 5.27. The van der Waals surface area contributed by atoms with Gasteiger partial charge in [0, 0.05) is 19.6 Å². The maximum Gasteiger partial charge on any atom is 0.232 e. The number of hydrogen-bond donors (Lipinski definition) is 2. The number of nitrogens with zero attached hydrogens (tertiary/aromatic N) is 4. The van der Waals surface area contributed by atoms with Crippen LogP contribution in [-0.4, -0.2) is 47.8 Å². The van der Waals surface area contributed by atoms with Crippen LogP contribution in [0.15, 0.2) is 0 Å². The topological polar surface area (TPSA) is 89.2 Å². The molecule has 1 saturated carbocycles. The van der Waals surface area contributed by atoms with Crippen LogP contribution in [0.4, 0.5) is 17.8 Å². The van der Waals surface area contributed by atoms with Crippen molar-refractivity contribution in [2.45, 2.75) is 13.3 Å². The molecule has 0 bridgehead atoms. The second kappa shape index (κ2) is 5.16. The van der Waals surface area contributed by atoms with Crippen molar-refractivity contribution in [3.63, 3.8) is 0 Å². The number of rotatable bonds is 4. The standard InChI is InChI=1S/C12H20N6O/c1-8-6-9(8)7-14-11-15-10(13)16-12(17-11)18-2-4-19-5-3-18/h8-9H,2-7H2,1H3,(H3,13,14,15,16,17). The first-order valence-corrected chi connectivity index (χ1v) is 6.80. The van der Waals surface area contributed by atoms with Gasteiger partial charge in [-0.25, -0.2) is 0 Å². The van der Waals surface area contributed by atoms with Gasteiger partial charge in [-0.1, -0.05) is 6.92 Å². The first kappa shape index (κ1) is 12.4. The third kappa shape index (κ3) is 3.04. The monoisotopic (exact) mass is 264 g/mol. The summed E-state index contributed by atoms with van der Waals surface area (Å²) in [6.45, 7) is 6.16. The second-order valence-corrected chi connectivity index (χ2v) is 5.27.